The predicted molar refractivity (Wildman–Crippen MR) is 76.3 cm³/mol. The maximum atomic E-state index is 11.9. The highest BCUT2D eigenvalue weighted by Crippen LogP contribution is 2.14. The van der Waals surface area contributed by atoms with Gasteiger partial charge in [0.15, 0.2) is 0 Å². The Morgan fingerprint density at radius 2 is 1.95 bits per heavy atom. The highest BCUT2D eigenvalue weighted by Gasteiger charge is 2.10. The summed E-state index contributed by atoms with van der Waals surface area (Å²) in [6, 6.07) is 12.1. The first-order valence-corrected chi connectivity index (χ1v) is 6.34. The summed E-state index contributed by atoms with van der Waals surface area (Å²) in [5.41, 5.74) is 1.79. The van der Waals surface area contributed by atoms with Crippen LogP contribution < -0.4 is 5.32 Å². The first-order valence-electron chi connectivity index (χ1n) is 5.97. The second kappa shape index (κ2) is 6.51. The number of pyridine rings is 1. The summed E-state index contributed by atoms with van der Waals surface area (Å²) in [7, 11) is 0. The number of nitriles is 2. The molecule has 1 N–H and O–H groups in total. The van der Waals surface area contributed by atoms with Crippen molar-refractivity contribution in [3.05, 3.63) is 63.9 Å². The number of rotatable bonds is 3. The number of carbonyl (C=O) groups excluding carboxylic acids is 1. The highest BCUT2D eigenvalue weighted by atomic mass is 35.5. The molecule has 2 aromatic rings. The molecule has 5 nitrogen and oxygen atoms in total. The number of nitrogens with zero attached hydrogens (tertiary/aromatic N) is 3. The van der Waals surface area contributed by atoms with Gasteiger partial charge in [0.25, 0.3) is 5.91 Å². The van der Waals surface area contributed by atoms with Crippen molar-refractivity contribution in [2.24, 2.45) is 0 Å². The van der Waals surface area contributed by atoms with Gasteiger partial charge >= 0.3 is 0 Å². The Labute approximate surface area is 126 Å². The maximum Gasteiger partial charge on any atom is 0.270 e. The zero-order valence-electron chi connectivity index (χ0n) is 10.8. The van der Waals surface area contributed by atoms with Crippen molar-refractivity contribution in [3.8, 4) is 12.1 Å². The number of amides is 1. The fourth-order valence-corrected chi connectivity index (χ4v) is 1.80. The molecule has 1 heterocycles. The normalized spacial score (nSPS) is 9.48. The summed E-state index contributed by atoms with van der Waals surface area (Å²) in [5.74, 6) is -0.384. The minimum absolute atomic E-state index is 0.146. The van der Waals surface area contributed by atoms with E-state index in [4.69, 9.17) is 22.1 Å². The van der Waals surface area contributed by atoms with Gasteiger partial charge in [-0.2, -0.15) is 10.5 Å². The van der Waals surface area contributed by atoms with Gasteiger partial charge in [-0.15, -0.1) is 0 Å². The Kier molecular flexibility index (Phi) is 4.50. The number of hydrogen-bond donors (Lipinski definition) is 1. The molecule has 0 saturated carbocycles. The van der Waals surface area contributed by atoms with E-state index in [1.807, 2.05) is 12.1 Å². The van der Waals surface area contributed by atoms with Crippen molar-refractivity contribution in [3.63, 3.8) is 0 Å². The molecule has 102 valence electrons. The lowest BCUT2D eigenvalue weighted by atomic mass is 10.1. The van der Waals surface area contributed by atoms with Crippen LogP contribution in [0.5, 0.6) is 0 Å². The van der Waals surface area contributed by atoms with Gasteiger partial charge in [-0.25, -0.2) is 4.98 Å². The Hall–Kier alpha value is -2.89. The van der Waals surface area contributed by atoms with Gasteiger partial charge in [-0.1, -0.05) is 23.7 Å². The number of nitrogens with one attached hydrogen (secondary N) is 1. The zero-order valence-corrected chi connectivity index (χ0v) is 11.6. The van der Waals surface area contributed by atoms with Crippen LogP contribution >= 0.6 is 11.6 Å². The molecule has 0 aliphatic rings. The van der Waals surface area contributed by atoms with E-state index in [9.17, 15) is 4.79 Å². The van der Waals surface area contributed by atoms with E-state index in [0.717, 1.165) is 5.56 Å². The molecule has 0 atom stereocenters. The molecule has 1 aromatic heterocycles. The SMILES string of the molecule is N#Cc1ccc(CNC(=O)c2cc(Cl)c(C#N)cn2)cc1. The van der Waals surface area contributed by atoms with E-state index in [1.54, 1.807) is 24.3 Å². The molecule has 0 aliphatic heterocycles. The molecule has 0 bridgehead atoms. The Morgan fingerprint density at radius 3 is 2.52 bits per heavy atom. The third kappa shape index (κ3) is 3.56. The molecule has 0 fully saturated rings. The van der Waals surface area contributed by atoms with Crippen molar-refractivity contribution in [2.45, 2.75) is 6.54 Å². The molecule has 0 spiro atoms. The minimum atomic E-state index is -0.384. The molecule has 0 saturated heterocycles. The first kappa shape index (κ1) is 14.5. The van der Waals surface area contributed by atoms with E-state index in [-0.39, 0.29) is 22.2 Å². The van der Waals surface area contributed by atoms with Gasteiger partial charge in [0.1, 0.15) is 11.8 Å². The Morgan fingerprint density at radius 1 is 1.24 bits per heavy atom. The third-order valence-electron chi connectivity index (χ3n) is 2.74. The van der Waals surface area contributed by atoms with Crippen molar-refractivity contribution >= 4 is 17.5 Å². The van der Waals surface area contributed by atoms with E-state index in [0.29, 0.717) is 12.1 Å². The van der Waals surface area contributed by atoms with Gasteiger partial charge in [0.05, 0.1) is 22.2 Å². The fraction of sp³-hybridized carbons (Fsp3) is 0.0667. The Bertz CT molecular complexity index is 757. The van der Waals surface area contributed by atoms with Crippen molar-refractivity contribution in [1.29, 1.82) is 10.5 Å². The van der Waals surface area contributed by atoms with Gasteiger partial charge in [-0.05, 0) is 23.8 Å². The number of carbonyl (C=O) groups is 1. The number of benzene rings is 1. The average Bonchev–Trinajstić information content (AvgIpc) is 2.53. The molecule has 0 unspecified atom stereocenters. The molecule has 21 heavy (non-hydrogen) atoms. The molecule has 6 heteroatoms. The number of halogens is 1. The highest BCUT2D eigenvalue weighted by molar-refractivity contribution is 6.32. The lowest BCUT2D eigenvalue weighted by molar-refractivity contribution is 0.0946. The van der Waals surface area contributed by atoms with Crippen LogP contribution in [0.3, 0.4) is 0 Å². The molecule has 2 rings (SSSR count). The van der Waals surface area contributed by atoms with Crippen LogP contribution in [0.2, 0.25) is 5.02 Å². The largest absolute Gasteiger partial charge is 0.347 e. The quantitative estimate of drug-likeness (QED) is 0.941. The predicted octanol–water partition coefficient (Wildman–Crippen LogP) is 2.41. The number of hydrogen-bond acceptors (Lipinski definition) is 4. The van der Waals surface area contributed by atoms with E-state index in [1.165, 1.54) is 12.3 Å². The fourth-order valence-electron chi connectivity index (χ4n) is 1.61. The van der Waals surface area contributed by atoms with E-state index >= 15 is 0 Å². The average molecular weight is 297 g/mol. The smallest absolute Gasteiger partial charge is 0.270 e. The third-order valence-corrected chi connectivity index (χ3v) is 3.06. The molecule has 0 radical (unpaired) electrons. The van der Waals surface area contributed by atoms with Crippen molar-refractivity contribution in [2.75, 3.05) is 0 Å². The van der Waals surface area contributed by atoms with Crippen LogP contribution in [0, 0.1) is 22.7 Å². The van der Waals surface area contributed by atoms with Gasteiger partial charge in [-0.3, -0.25) is 4.79 Å². The number of aromatic nitrogens is 1. The summed E-state index contributed by atoms with van der Waals surface area (Å²) < 4.78 is 0. The molecule has 0 aliphatic carbocycles. The molecule has 1 amide bonds. The molecular weight excluding hydrogens is 288 g/mol. The summed E-state index contributed by atoms with van der Waals surface area (Å²) >= 11 is 5.85. The maximum absolute atomic E-state index is 11.9. The topological polar surface area (TPSA) is 89.6 Å². The Balaban J connectivity index is 2.03. The molecule has 1 aromatic carbocycles. The van der Waals surface area contributed by atoms with Crippen LogP contribution in [-0.4, -0.2) is 10.9 Å². The summed E-state index contributed by atoms with van der Waals surface area (Å²) in [6.07, 6.45) is 1.26. The van der Waals surface area contributed by atoms with E-state index in [2.05, 4.69) is 10.3 Å². The van der Waals surface area contributed by atoms with Crippen LogP contribution in [-0.2, 0) is 6.54 Å². The summed E-state index contributed by atoms with van der Waals surface area (Å²) in [4.78, 5) is 15.8. The summed E-state index contributed by atoms with van der Waals surface area (Å²) in [5, 5.41) is 20.3. The van der Waals surface area contributed by atoms with E-state index < -0.39 is 0 Å². The zero-order chi connectivity index (χ0) is 15.2. The minimum Gasteiger partial charge on any atom is -0.347 e. The second-order valence-electron chi connectivity index (χ2n) is 4.15. The monoisotopic (exact) mass is 296 g/mol. The molecular formula is C15H9ClN4O. The van der Waals surface area contributed by atoms with Crippen LogP contribution in [0.15, 0.2) is 36.5 Å². The van der Waals surface area contributed by atoms with Gasteiger partial charge in [0, 0.05) is 12.7 Å². The van der Waals surface area contributed by atoms with Crippen LogP contribution in [0.1, 0.15) is 27.2 Å². The first-order chi connectivity index (χ1) is 10.1. The summed E-state index contributed by atoms with van der Waals surface area (Å²) in [6.45, 7) is 0.309. The van der Waals surface area contributed by atoms with Crippen molar-refractivity contribution < 1.29 is 4.79 Å². The lowest BCUT2D eigenvalue weighted by Gasteiger charge is -2.05. The van der Waals surface area contributed by atoms with Crippen molar-refractivity contribution in [1.82, 2.24) is 10.3 Å². The second-order valence-corrected chi connectivity index (χ2v) is 4.56. The standard InChI is InChI=1S/C15H9ClN4O/c16-13-5-14(19-9-12(13)7-18)15(21)20-8-11-3-1-10(6-17)2-4-11/h1-5,9H,8H2,(H,20,21). The van der Waals surface area contributed by atoms with Crippen LogP contribution in [0.25, 0.3) is 0 Å². The lowest BCUT2D eigenvalue weighted by Crippen LogP contribution is -2.23. The van der Waals surface area contributed by atoms with Gasteiger partial charge < -0.3 is 5.32 Å². The van der Waals surface area contributed by atoms with Crippen LogP contribution in [0.4, 0.5) is 0 Å². The van der Waals surface area contributed by atoms with Gasteiger partial charge in [0.2, 0.25) is 0 Å².